The molecule has 0 aliphatic heterocycles. The number of carbonyl (C=O) groups excluding carboxylic acids is 2. The number of amides is 2. The van der Waals surface area contributed by atoms with Crippen molar-refractivity contribution in [2.24, 2.45) is 5.92 Å². The Hall–Kier alpha value is -3.00. The maximum Gasteiger partial charge on any atom is 0.408 e. The molecule has 7 nitrogen and oxygen atoms in total. The number of nitrogens with one attached hydrogen (secondary N) is 2. The van der Waals surface area contributed by atoms with Gasteiger partial charge in [-0.1, -0.05) is 74.5 Å². The maximum atomic E-state index is 12.8. The Morgan fingerprint density at radius 2 is 1.52 bits per heavy atom. The molecule has 0 bridgehead atoms. The fourth-order valence-electron chi connectivity index (χ4n) is 2.73. The molecule has 2 aromatic carbocycles. The van der Waals surface area contributed by atoms with E-state index in [1.807, 2.05) is 60.7 Å². The van der Waals surface area contributed by atoms with Gasteiger partial charge in [-0.2, -0.15) is 11.8 Å². The summed E-state index contributed by atoms with van der Waals surface area (Å²) in [6, 6.07) is 16.9. The van der Waals surface area contributed by atoms with Gasteiger partial charge in [0.1, 0.15) is 18.7 Å². The summed E-state index contributed by atoms with van der Waals surface area (Å²) in [6.45, 7) is 3.49. The molecular weight excluding hydrogens is 416 g/mol. The zero-order valence-corrected chi connectivity index (χ0v) is 18.4. The molecule has 0 radical (unpaired) electrons. The van der Waals surface area contributed by atoms with Gasteiger partial charge in [0.05, 0.1) is 0 Å². The van der Waals surface area contributed by atoms with Gasteiger partial charge in [0.25, 0.3) is 0 Å². The number of thioether (sulfide) groups is 1. The average Bonchev–Trinajstić information content (AvgIpc) is 2.76. The molecule has 0 fully saturated rings. The third kappa shape index (κ3) is 8.72. The Bertz CT molecular complexity index is 846. The minimum atomic E-state index is -1.12. The highest BCUT2D eigenvalue weighted by atomic mass is 32.2. The van der Waals surface area contributed by atoms with Gasteiger partial charge in [-0.25, -0.2) is 9.59 Å². The number of hydrogen-bond donors (Lipinski definition) is 3. The summed E-state index contributed by atoms with van der Waals surface area (Å²) in [7, 11) is 0. The van der Waals surface area contributed by atoms with Crippen molar-refractivity contribution in [3.63, 3.8) is 0 Å². The predicted molar refractivity (Wildman–Crippen MR) is 121 cm³/mol. The van der Waals surface area contributed by atoms with Crippen LogP contribution in [0, 0.1) is 5.92 Å². The second-order valence-corrected chi connectivity index (χ2v) is 8.36. The predicted octanol–water partition coefficient (Wildman–Crippen LogP) is 3.44. The van der Waals surface area contributed by atoms with Gasteiger partial charge in [-0.05, 0) is 17.0 Å². The quantitative estimate of drug-likeness (QED) is 0.490. The molecule has 8 heteroatoms. The summed E-state index contributed by atoms with van der Waals surface area (Å²) in [5.74, 6) is -1.06. The number of ether oxygens (including phenoxy) is 1. The minimum absolute atomic E-state index is 0.0713. The highest BCUT2D eigenvalue weighted by Crippen LogP contribution is 2.14. The van der Waals surface area contributed by atoms with E-state index in [-0.39, 0.29) is 18.3 Å². The van der Waals surface area contributed by atoms with Crippen molar-refractivity contribution in [3.05, 3.63) is 71.8 Å². The molecule has 2 rings (SSSR count). The van der Waals surface area contributed by atoms with Crippen LogP contribution in [0.25, 0.3) is 0 Å². The lowest BCUT2D eigenvalue weighted by atomic mass is 10.0. The first-order chi connectivity index (χ1) is 14.9. The molecule has 2 atom stereocenters. The minimum Gasteiger partial charge on any atom is -0.480 e. The van der Waals surface area contributed by atoms with Gasteiger partial charge < -0.3 is 20.5 Å². The number of alkyl carbamates (subject to hydrolysis) is 1. The summed E-state index contributed by atoms with van der Waals surface area (Å²) in [4.78, 5) is 36.5. The first kappa shape index (κ1) is 24.3. The van der Waals surface area contributed by atoms with Crippen LogP contribution in [0.4, 0.5) is 4.79 Å². The molecule has 2 aromatic rings. The van der Waals surface area contributed by atoms with Crippen molar-refractivity contribution in [2.45, 2.75) is 38.3 Å². The molecule has 31 heavy (non-hydrogen) atoms. The van der Waals surface area contributed by atoms with Crippen molar-refractivity contribution >= 4 is 29.7 Å². The molecule has 0 spiro atoms. The molecule has 0 saturated carbocycles. The summed E-state index contributed by atoms with van der Waals surface area (Å²) in [6.07, 6.45) is -0.735. The van der Waals surface area contributed by atoms with Gasteiger partial charge in [0.15, 0.2) is 0 Å². The van der Waals surface area contributed by atoms with E-state index >= 15 is 0 Å². The standard InChI is InChI=1S/C23H28N2O5S/c1-16(2)20(22(27)28)25-21(26)19(15-31-14-18-11-7-4-8-12-18)24-23(29)30-13-17-9-5-3-6-10-17/h3-12,16,19-20H,13-15H2,1-2H3,(H,24,29)(H,25,26)(H,27,28)/t19-,20+/m0/s1. The van der Waals surface area contributed by atoms with Gasteiger partial charge in [0, 0.05) is 11.5 Å². The van der Waals surface area contributed by atoms with Crippen LogP contribution in [0.5, 0.6) is 0 Å². The fourth-order valence-corrected chi connectivity index (χ4v) is 3.74. The van der Waals surface area contributed by atoms with Crippen molar-refractivity contribution in [2.75, 3.05) is 5.75 Å². The van der Waals surface area contributed by atoms with E-state index in [2.05, 4.69) is 10.6 Å². The molecule has 0 aliphatic rings. The van der Waals surface area contributed by atoms with Crippen molar-refractivity contribution in [1.29, 1.82) is 0 Å². The van der Waals surface area contributed by atoms with Crippen molar-refractivity contribution < 1.29 is 24.2 Å². The normalized spacial score (nSPS) is 12.6. The highest BCUT2D eigenvalue weighted by Gasteiger charge is 2.28. The number of hydrogen-bond acceptors (Lipinski definition) is 5. The van der Waals surface area contributed by atoms with Crippen LogP contribution in [-0.4, -0.2) is 40.9 Å². The van der Waals surface area contributed by atoms with E-state index in [0.717, 1.165) is 11.1 Å². The van der Waals surface area contributed by atoms with Crippen LogP contribution in [0.15, 0.2) is 60.7 Å². The first-order valence-electron chi connectivity index (χ1n) is 9.99. The van der Waals surface area contributed by atoms with Crippen LogP contribution >= 0.6 is 11.8 Å². The van der Waals surface area contributed by atoms with Gasteiger partial charge in [-0.3, -0.25) is 4.79 Å². The largest absolute Gasteiger partial charge is 0.480 e. The molecule has 0 aliphatic carbocycles. The number of carboxylic acid groups (broad SMARTS) is 1. The lowest BCUT2D eigenvalue weighted by molar-refractivity contribution is -0.143. The van der Waals surface area contributed by atoms with E-state index in [0.29, 0.717) is 5.75 Å². The lowest BCUT2D eigenvalue weighted by Crippen LogP contribution is -2.54. The number of aliphatic carboxylic acids is 1. The second-order valence-electron chi connectivity index (χ2n) is 7.33. The molecule has 0 aromatic heterocycles. The summed E-state index contributed by atoms with van der Waals surface area (Å²) >= 11 is 1.46. The number of carboxylic acids is 1. The van der Waals surface area contributed by atoms with E-state index in [9.17, 15) is 19.5 Å². The first-order valence-corrected chi connectivity index (χ1v) is 11.1. The Kier molecular flexibility index (Phi) is 9.90. The van der Waals surface area contributed by atoms with Crippen LogP contribution in [0.1, 0.15) is 25.0 Å². The summed E-state index contributed by atoms with van der Waals surface area (Å²) in [5, 5.41) is 14.5. The van der Waals surface area contributed by atoms with E-state index < -0.39 is 30.1 Å². The van der Waals surface area contributed by atoms with Crippen LogP contribution in [-0.2, 0) is 26.7 Å². The van der Waals surface area contributed by atoms with E-state index in [1.165, 1.54) is 11.8 Å². The smallest absolute Gasteiger partial charge is 0.408 e. The van der Waals surface area contributed by atoms with Crippen molar-refractivity contribution in [3.8, 4) is 0 Å². The highest BCUT2D eigenvalue weighted by molar-refractivity contribution is 7.98. The number of rotatable bonds is 11. The maximum absolute atomic E-state index is 12.8. The van der Waals surface area contributed by atoms with E-state index in [1.54, 1.807) is 13.8 Å². The Labute approximate surface area is 186 Å². The number of benzene rings is 2. The zero-order valence-electron chi connectivity index (χ0n) is 17.6. The van der Waals surface area contributed by atoms with Crippen molar-refractivity contribution in [1.82, 2.24) is 10.6 Å². The monoisotopic (exact) mass is 444 g/mol. The van der Waals surface area contributed by atoms with Crippen LogP contribution in [0.2, 0.25) is 0 Å². The van der Waals surface area contributed by atoms with Gasteiger partial charge >= 0.3 is 12.1 Å². The summed E-state index contributed by atoms with van der Waals surface area (Å²) < 4.78 is 5.22. The molecule has 0 saturated heterocycles. The average molecular weight is 445 g/mol. The fraction of sp³-hybridized carbons (Fsp3) is 0.348. The molecule has 0 heterocycles. The van der Waals surface area contributed by atoms with Gasteiger partial charge in [0.2, 0.25) is 5.91 Å². The molecule has 166 valence electrons. The third-order valence-electron chi connectivity index (χ3n) is 4.45. The van der Waals surface area contributed by atoms with E-state index in [4.69, 9.17) is 4.74 Å². The third-order valence-corrected chi connectivity index (χ3v) is 5.55. The molecule has 3 N–H and O–H groups in total. The van der Waals surface area contributed by atoms with Gasteiger partial charge in [-0.15, -0.1) is 0 Å². The summed E-state index contributed by atoms with van der Waals surface area (Å²) in [5.41, 5.74) is 1.91. The Morgan fingerprint density at radius 3 is 2.06 bits per heavy atom. The Balaban J connectivity index is 1.98. The molecule has 0 unspecified atom stereocenters. The Morgan fingerprint density at radius 1 is 0.935 bits per heavy atom. The molecular formula is C23H28N2O5S. The number of carbonyl (C=O) groups is 3. The van der Waals surface area contributed by atoms with Crippen LogP contribution < -0.4 is 10.6 Å². The zero-order chi connectivity index (χ0) is 22.6. The second kappa shape index (κ2) is 12.6. The topological polar surface area (TPSA) is 105 Å². The SMILES string of the molecule is CC(C)[C@@H](NC(=O)[C@H](CSCc1ccccc1)NC(=O)OCc1ccccc1)C(=O)O. The lowest BCUT2D eigenvalue weighted by Gasteiger charge is -2.23. The molecule has 2 amide bonds. The van der Waals surface area contributed by atoms with Crippen LogP contribution in [0.3, 0.4) is 0 Å².